The lowest BCUT2D eigenvalue weighted by Gasteiger charge is -2.08. The SMILES string of the molecule is Cn1ncc(NCCc2ccc(O)cc2)c(Cl)c1=O. The third kappa shape index (κ3) is 3.26. The number of benzene rings is 1. The minimum Gasteiger partial charge on any atom is -0.508 e. The van der Waals surface area contributed by atoms with Crippen LogP contribution in [0, 0.1) is 0 Å². The van der Waals surface area contributed by atoms with Gasteiger partial charge < -0.3 is 10.4 Å². The molecule has 1 heterocycles. The Morgan fingerprint density at radius 1 is 1.37 bits per heavy atom. The molecule has 0 aliphatic rings. The first-order valence-electron chi connectivity index (χ1n) is 5.81. The number of phenols is 1. The van der Waals surface area contributed by atoms with Gasteiger partial charge in [-0.15, -0.1) is 0 Å². The second-order valence-corrected chi connectivity index (χ2v) is 4.52. The van der Waals surface area contributed by atoms with Gasteiger partial charge in [0.15, 0.2) is 0 Å². The van der Waals surface area contributed by atoms with Crippen molar-refractivity contribution in [3.63, 3.8) is 0 Å². The highest BCUT2D eigenvalue weighted by atomic mass is 35.5. The lowest BCUT2D eigenvalue weighted by molar-refractivity contribution is 0.475. The molecule has 0 spiro atoms. The third-order valence-corrected chi connectivity index (χ3v) is 3.11. The molecule has 2 aromatic rings. The maximum Gasteiger partial charge on any atom is 0.287 e. The smallest absolute Gasteiger partial charge is 0.287 e. The van der Waals surface area contributed by atoms with Crippen LogP contribution < -0.4 is 10.9 Å². The minimum atomic E-state index is -0.323. The summed E-state index contributed by atoms with van der Waals surface area (Å²) in [5, 5.41) is 16.3. The molecule has 0 radical (unpaired) electrons. The van der Waals surface area contributed by atoms with Crippen LogP contribution in [0.1, 0.15) is 5.56 Å². The second kappa shape index (κ2) is 5.75. The van der Waals surface area contributed by atoms with Crippen LogP contribution in [0.4, 0.5) is 5.69 Å². The van der Waals surface area contributed by atoms with Gasteiger partial charge in [-0.25, -0.2) is 4.68 Å². The van der Waals surface area contributed by atoms with Crippen molar-refractivity contribution in [2.24, 2.45) is 7.05 Å². The van der Waals surface area contributed by atoms with E-state index in [0.717, 1.165) is 12.0 Å². The van der Waals surface area contributed by atoms with Gasteiger partial charge in [0.2, 0.25) is 0 Å². The molecule has 6 heteroatoms. The summed E-state index contributed by atoms with van der Waals surface area (Å²) in [5.74, 6) is 0.246. The van der Waals surface area contributed by atoms with Crippen molar-refractivity contribution in [3.05, 3.63) is 51.4 Å². The zero-order valence-corrected chi connectivity index (χ0v) is 11.2. The normalized spacial score (nSPS) is 10.4. The fourth-order valence-electron chi connectivity index (χ4n) is 1.64. The summed E-state index contributed by atoms with van der Waals surface area (Å²) in [6.45, 7) is 0.624. The van der Waals surface area contributed by atoms with Crippen molar-refractivity contribution in [2.45, 2.75) is 6.42 Å². The van der Waals surface area contributed by atoms with Gasteiger partial charge in [0.05, 0.1) is 11.9 Å². The Bertz CT molecular complexity index is 623. The molecule has 1 aromatic heterocycles. The molecule has 0 amide bonds. The van der Waals surface area contributed by atoms with Crippen LogP contribution in [0.15, 0.2) is 35.3 Å². The highest BCUT2D eigenvalue weighted by Gasteiger charge is 2.06. The van der Waals surface area contributed by atoms with Crippen molar-refractivity contribution in [2.75, 3.05) is 11.9 Å². The molecule has 0 saturated carbocycles. The van der Waals surface area contributed by atoms with Gasteiger partial charge in [-0.2, -0.15) is 5.10 Å². The minimum absolute atomic E-state index is 0.142. The first kappa shape index (κ1) is 13.4. The topological polar surface area (TPSA) is 67.2 Å². The average Bonchev–Trinajstić information content (AvgIpc) is 2.41. The molecule has 5 nitrogen and oxygen atoms in total. The number of hydrogen-bond acceptors (Lipinski definition) is 4. The summed E-state index contributed by atoms with van der Waals surface area (Å²) in [6.07, 6.45) is 2.28. The standard InChI is InChI=1S/C13H14ClN3O2/c1-17-13(19)12(14)11(8-16-17)15-7-6-9-2-4-10(18)5-3-9/h2-5,8,15,18H,6-7H2,1H3. The Morgan fingerprint density at radius 3 is 2.74 bits per heavy atom. The quantitative estimate of drug-likeness (QED) is 0.895. The molecule has 19 heavy (non-hydrogen) atoms. The number of halogens is 1. The highest BCUT2D eigenvalue weighted by molar-refractivity contribution is 6.32. The van der Waals surface area contributed by atoms with Crippen molar-refractivity contribution in [1.29, 1.82) is 0 Å². The monoisotopic (exact) mass is 279 g/mol. The lowest BCUT2D eigenvalue weighted by Crippen LogP contribution is -2.21. The number of aryl methyl sites for hydroxylation is 1. The van der Waals surface area contributed by atoms with Crippen LogP contribution in [0.2, 0.25) is 5.02 Å². The van der Waals surface area contributed by atoms with Crippen molar-refractivity contribution >= 4 is 17.3 Å². The van der Waals surface area contributed by atoms with Crippen LogP contribution in [0.25, 0.3) is 0 Å². The molecular formula is C13H14ClN3O2. The van der Waals surface area contributed by atoms with E-state index in [1.54, 1.807) is 19.2 Å². The number of aromatic nitrogens is 2. The van der Waals surface area contributed by atoms with Gasteiger partial charge in [-0.05, 0) is 24.1 Å². The van der Waals surface area contributed by atoms with E-state index >= 15 is 0 Å². The molecule has 0 saturated heterocycles. The Balaban J connectivity index is 1.98. The van der Waals surface area contributed by atoms with E-state index in [0.29, 0.717) is 12.2 Å². The van der Waals surface area contributed by atoms with E-state index in [9.17, 15) is 9.90 Å². The molecule has 0 aliphatic carbocycles. The first-order chi connectivity index (χ1) is 9.08. The summed E-state index contributed by atoms with van der Waals surface area (Å²) >= 11 is 5.93. The zero-order chi connectivity index (χ0) is 13.8. The molecule has 2 rings (SSSR count). The fourth-order valence-corrected chi connectivity index (χ4v) is 1.88. The zero-order valence-electron chi connectivity index (χ0n) is 10.4. The number of anilines is 1. The van der Waals surface area contributed by atoms with Crippen molar-refractivity contribution in [1.82, 2.24) is 9.78 Å². The molecule has 100 valence electrons. The number of rotatable bonds is 4. The van der Waals surface area contributed by atoms with Gasteiger partial charge in [0.1, 0.15) is 10.8 Å². The fraction of sp³-hybridized carbons (Fsp3) is 0.231. The predicted molar refractivity (Wildman–Crippen MR) is 74.8 cm³/mol. The largest absolute Gasteiger partial charge is 0.508 e. The van der Waals surface area contributed by atoms with E-state index in [-0.39, 0.29) is 16.3 Å². The van der Waals surface area contributed by atoms with Gasteiger partial charge in [-0.1, -0.05) is 23.7 Å². The molecule has 1 aromatic carbocycles. The molecule has 0 aliphatic heterocycles. The van der Waals surface area contributed by atoms with Crippen molar-refractivity contribution < 1.29 is 5.11 Å². The summed E-state index contributed by atoms with van der Waals surface area (Å²) in [7, 11) is 1.55. The molecule has 0 atom stereocenters. The Morgan fingerprint density at radius 2 is 2.05 bits per heavy atom. The van der Waals surface area contributed by atoms with Gasteiger partial charge in [0, 0.05) is 13.6 Å². The summed E-state index contributed by atoms with van der Waals surface area (Å²) in [4.78, 5) is 11.6. The van der Waals surface area contributed by atoms with E-state index in [1.807, 2.05) is 12.1 Å². The molecule has 0 bridgehead atoms. The van der Waals surface area contributed by atoms with E-state index in [1.165, 1.54) is 10.9 Å². The molecular weight excluding hydrogens is 266 g/mol. The summed E-state index contributed by atoms with van der Waals surface area (Å²) < 4.78 is 1.19. The number of nitrogens with one attached hydrogen (secondary N) is 1. The van der Waals surface area contributed by atoms with Crippen LogP contribution in [-0.4, -0.2) is 21.4 Å². The third-order valence-electron chi connectivity index (χ3n) is 2.74. The molecule has 0 fully saturated rings. The Hall–Kier alpha value is -2.01. The van der Waals surface area contributed by atoms with E-state index in [2.05, 4.69) is 10.4 Å². The maximum absolute atomic E-state index is 11.6. The van der Waals surface area contributed by atoms with Gasteiger partial charge >= 0.3 is 0 Å². The van der Waals surface area contributed by atoms with Crippen molar-refractivity contribution in [3.8, 4) is 5.75 Å². The second-order valence-electron chi connectivity index (χ2n) is 4.14. The van der Waals surface area contributed by atoms with Crippen LogP contribution >= 0.6 is 11.6 Å². The number of aromatic hydroxyl groups is 1. The Kier molecular flexibility index (Phi) is 4.06. The summed E-state index contributed by atoms with van der Waals surface area (Å²) in [6, 6.07) is 6.98. The predicted octanol–water partition coefficient (Wildman–Crippen LogP) is 1.79. The van der Waals surface area contributed by atoms with Crippen LogP contribution in [0.3, 0.4) is 0 Å². The highest BCUT2D eigenvalue weighted by Crippen LogP contribution is 2.15. The number of hydrogen-bond donors (Lipinski definition) is 2. The van der Waals surface area contributed by atoms with Crippen LogP contribution in [0.5, 0.6) is 5.75 Å². The van der Waals surface area contributed by atoms with E-state index in [4.69, 9.17) is 11.6 Å². The molecule has 0 unspecified atom stereocenters. The van der Waals surface area contributed by atoms with Gasteiger partial charge in [0.25, 0.3) is 5.56 Å². The van der Waals surface area contributed by atoms with Crippen LogP contribution in [-0.2, 0) is 13.5 Å². The maximum atomic E-state index is 11.6. The number of nitrogens with zero attached hydrogens (tertiary/aromatic N) is 2. The van der Waals surface area contributed by atoms with Gasteiger partial charge in [-0.3, -0.25) is 4.79 Å². The first-order valence-corrected chi connectivity index (χ1v) is 6.19. The average molecular weight is 280 g/mol. The summed E-state index contributed by atoms with van der Waals surface area (Å²) in [5.41, 5.74) is 1.29. The lowest BCUT2D eigenvalue weighted by atomic mass is 10.1. The molecule has 2 N–H and O–H groups in total. The Labute approximate surface area is 115 Å². The van der Waals surface area contributed by atoms with E-state index < -0.39 is 0 Å². The number of phenolic OH excluding ortho intramolecular Hbond substituents is 1.